The lowest BCUT2D eigenvalue weighted by Gasteiger charge is -2.07. The first-order valence-corrected chi connectivity index (χ1v) is 8.02. The highest BCUT2D eigenvalue weighted by Crippen LogP contribution is 2.20. The fourth-order valence-corrected chi connectivity index (χ4v) is 2.74. The van der Waals surface area contributed by atoms with Crippen molar-refractivity contribution in [2.24, 2.45) is 0 Å². The van der Waals surface area contributed by atoms with Crippen molar-refractivity contribution in [1.82, 2.24) is 24.9 Å². The van der Waals surface area contributed by atoms with Crippen LogP contribution in [0.5, 0.6) is 0 Å². The number of anilines is 1. The lowest BCUT2D eigenvalue weighted by molar-refractivity contribution is 0.571. The molecule has 130 valence electrons. The zero-order valence-corrected chi connectivity index (χ0v) is 13.7. The number of aromatic amines is 2. The predicted octanol–water partition coefficient (Wildman–Crippen LogP) is 2.38. The average molecular weight is 350 g/mol. The molecule has 26 heavy (non-hydrogen) atoms. The van der Waals surface area contributed by atoms with E-state index in [0.717, 1.165) is 16.6 Å². The van der Waals surface area contributed by atoms with Gasteiger partial charge in [0.1, 0.15) is 17.8 Å². The van der Waals surface area contributed by atoms with Gasteiger partial charge in [-0.15, -0.1) is 0 Å². The van der Waals surface area contributed by atoms with Crippen LogP contribution in [-0.2, 0) is 13.0 Å². The van der Waals surface area contributed by atoms with Gasteiger partial charge in [0.15, 0.2) is 0 Å². The number of nitrogens with one attached hydrogen (secondary N) is 3. The Morgan fingerprint density at radius 1 is 1.12 bits per heavy atom. The summed E-state index contributed by atoms with van der Waals surface area (Å²) in [5.74, 6) is -0.181. The highest BCUT2D eigenvalue weighted by atomic mass is 19.1. The monoisotopic (exact) mass is 350 g/mol. The van der Waals surface area contributed by atoms with Gasteiger partial charge in [-0.3, -0.25) is 4.79 Å². The summed E-state index contributed by atoms with van der Waals surface area (Å²) in [6.07, 6.45) is 6.90. The highest BCUT2D eigenvalue weighted by molar-refractivity contribution is 5.78. The first-order valence-electron chi connectivity index (χ1n) is 8.02. The van der Waals surface area contributed by atoms with Gasteiger partial charge in [0.25, 0.3) is 5.56 Å². The Balaban J connectivity index is 1.51. The molecule has 0 aliphatic carbocycles. The molecular weight excluding hydrogens is 335 g/mol. The van der Waals surface area contributed by atoms with Crippen molar-refractivity contribution in [3.05, 3.63) is 82.2 Å². The molecular formula is C18H15FN6O. The van der Waals surface area contributed by atoms with Crippen molar-refractivity contribution in [2.45, 2.75) is 13.0 Å². The molecule has 0 aliphatic heterocycles. The molecule has 0 aliphatic rings. The fraction of sp³-hybridized carbons (Fsp3) is 0.111. The van der Waals surface area contributed by atoms with Crippen molar-refractivity contribution < 1.29 is 4.39 Å². The maximum Gasteiger partial charge on any atom is 0.252 e. The largest absolute Gasteiger partial charge is 0.366 e. The zero-order chi connectivity index (χ0) is 17.9. The third-order valence-corrected chi connectivity index (χ3v) is 4.11. The van der Waals surface area contributed by atoms with Crippen LogP contribution in [0.25, 0.3) is 11.0 Å². The molecule has 4 aromatic heterocycles. The van der Waals surface area contributed by atoms with Crippen LogP contribution in [0.15, 0.2) is 54.0 Å². The maximum atomic E-state index is 14.4. The van der Waals surface area contributed by atoms with Crippen LogP contribution < -0.4 is 10.9 Å². The van der Waals surface area contributed by atoms with Crippen LogP contribution >= 0.6 is 0 Å². The third kappa shape index (κ3) is 3.16. The number of hydrogen-bond donors (Lipinski definition) is 3. The molecule has 0 amide bonds. The summed E-state index contributed by atoms with van der Waals surface area (Å²) >= 11 is 0. The number of H-pyrrole nitrogens is 2. The Bertz CT molecular complexity index is 1120. The summed E-state index contributed by atoms with van der Waals surface area (Å²) in [5, 5.41) is 3.82. The second kappa shape index (κ2) is 6.75. The Hall–Kier alpha value is -3.55. The summed E-state index contributed by atoms with van der Waals surface area (Å²) in [4.78, 5) is 29.4. The minimum atomic E-state index is -0.553. The first-order chi connectivity index (χ1) is 12.7. The van der Waals surface area contributed by atoms with E-state index >= 15 is 0 Å². The molecule has 0 bridgehead atoms. The van der Waals surface area contributed by atoms with Crippen LogP contribution in [0.1, 0.15) is 16.7 Å². The van der Waals surface area contributed by atoms with Crippen LogP contribution in [0.2, 0.25) is 0 Å². The van der Waals surface area contributed by atoms with E-state index in [4.69, 9.17) is 0 Å². The number of aromatic nitrogens is 5. The number of hydrogen-bond acceptors (Lipinski definition) is 5. The smallest absolute Gasteiger partial charge is 0.252 e. The van der Waals surface area contributed by atoms with E-state index in [-0.39, 0.29) is 12.1 Å². The molecule has 0 fully saturated rings. The molecule has 8 heteroatoms. The summed E-state index contributed by atoms with van der Waals surface area (Å²) < 4.78 is 14.4. The second-order valence-electron chi connectivity index (χ2n) is 5.80. The Morgan fingerprint density at radius 2 is 2.04 bits per heavy atom. The highest BCUT2D eigenvalue weighted by Gasteiger charge is 2.11. The van der Waals surface area contributed by atoms with Gasteiger partial charge in [0.05, 0.1) is 0 Å². The van der Waals surface area contributed by atoms with Crippen LogP contribution in [0.4, 0.5) is 10.2 Å². The van der Waals surface area contributed by atoms with Gasteiger partial charge < -0.3 is 15.3 Å². The van der Waals surface area contributed by atoms with Gasteiger partial charge in [-0.05, 0) is 17.7 Å². The van der Waals surface area contributed by atoms with Crippen molar-refractivity contribution >= 4 is 16.9 Å². The number of rotatable bonds is 5. The normalized spacial score (nSPS) is 11.0. The van der Waals surface area contributed by atoms with Crippen LogP contribution in [0, 0.1) is 5.95 Å². The summed E-state index contributed by atoms with van der Waals surface area (Å²) in [7, 11) is 0. The van der Waals surface area contributed by atoms with E-state index in [1.807, 2.05) is 0 Å². The molecule has 4 heterocycles. The Morgan fingerprint density at radius 3 is 2.88 bits per heavy atom. The van der Waals surface area contributed by atoms with Crippen molar-refractivity contribution in [3.8, 4) is 0 Å². The lowest BCUT2D eigenvalue weighted by atomic mass is 10.1. The molecule has 0 saturated heterocycles. The van der Waals surface area contributed by atoms with Crippen molar-refractivity contribution in [2.75, 3.05) is 5.32 Å². The quantitative estimate of drug-likeness (QED) is 0.480. The average Bonchev–Trinajstić information content (AvgIpc) is 3.06. The standard InChI is InChI=1S/C18H15FN6O/c19-16-11(6-13-8-23-17-14(13)9-20-10-24-17)3-4-15(25-16)22-7-12-2-1-5-21-18(12)26/h1-5,8-10H,6-7H2,(H,21,26)(H,22,25)(H,20,23,24). The molecule has 3 N–H and O–H groups in total. The van der Waals surface area contributed by atoms with Gasteiger partial charge in [0, 0.05) is 48.1 Å². The lowest BCUT2D eigenvalue weighted by Crippen LogP contribution is -2.15. The molecule has 0 saturated carbocycles. The maximum absolute atomic E-state index is 14.4. The van der Waals surface area contributed by atoms with Gasteiger partial charge in [-0.1, -0.05) is 12.1 Å². The number of pyridine rings is 2. The predicted molar refractivity (Wildman–Crippen MR) is 95.3 cm³/mol. The van der Waals surface area contributed by atoms with Gasteiger partial charge >= 0.3 is 0 Å². The third-order valence-electron chi connectivity index (χ3n) is 4.11. The second-order valence-corrected chi connectivity index (χ2v) is 5.80. The molecule has 0 radical (unpaired) electrons. The Labute approximate surface area is 147 Å². The first kappa shape index (κ1) is 15.9. The Kier molecular flexibility index (Phi) is 4.14. The number of nitrogens with zero attached hydrogens (tertiary/aromatic N) is 3. The molecule has 4 aromatic rings. The van der Waals surface area contributed by atoms with Gasteiger partial charge in [-0.25, -0.2) is 15.0 Å². The summed E-state index contributed by atoms with van der Waals surface area (Å²) in [6.45, 7) is 0.266. The van der Waals surface area contributed by atoms with E-state index in [1.165, 1.54) is 6.33 Å². The van der Waals surface area contributed by atoms with Crippen LogP contribution in [-0.4, -0.2) is 24.9 Å². The minimum Gasteiger partial charge on any atom is -0.366 e. The molecule has 0 aromatic carbocycles. The van der Waals surface area contributed by atoms with Gasteiger partial charge in [-0.2, -0.15) is 4.39 Å². The van der Waals surface area contributed by atoms with Crippen molar-refractivity contribution in [3.63, 3.8) is 0 Å². The van der Waals surface area contributed by atoms with Gasteiger partial charge in [0.2, 0.25) is 5.95 Å². The molecule has 0 unspecified atom stereocenters. The SMILES string of the molecule is O=c1[nH]cccc1CNc1ccc(Cc2c[nH]c3ncncc23)c(F)n1. The zero-order valence-electron chi connectivity index (χ0n) is 13.7. The topological polar surface area (TPSA) is 99.3 Å². The number of fused-ring (bicyclic) bond motifs is 1. The van der Waals surface area contributed by atoms with Crippen molar-refractivity contribution in [1.29, 1.82) is 0 Å². The molecule has 0 spiro atoms. The minimum absolute atomic E-state index is 0.182. The number of halogens is 1. The van der Waals surface area contributed by atoms with Crippen LogP contribution in [0.3, 0.4) is 0 Å². The summed E-state index contributed by atoms with van der Waals surface area (Å²) in [5.41, 5.74) is 2.46. The van der Waals surface area contributed by atoms with E-state index in [0.29, 0.717) is 23.4 Å². The van der Waals surface area contributed by atoms with E-state index in [1.54, 1.807) is 42.9 Å². The fourth-order valence-electron chi connectivity index (χ4n) is 2.74. The molecule has 7 nitrogen and oxygen atoms in total. The molecule has 0 atom stereocenters. The van der Waals surface area contributed by atoms with E-state index in [2.05, 4.69) is 30.2 Å². The molecule has 4 rings (SSSR count). The summed E-state index contributed by atoms with van der Waals surface area (Å²) in [6, 6.07) is 6.82. The van der Waals surface area contributed by atoms with E-state index in [9.17, 15) is 9.18 Å². The van der Waals surface area contributed by atoms with E-state index < -0.39 is 5.95 Å².